The summed E-state index contributed by atoms with van der Waals surface area (Å²) in [6, 6.07) is 10.1. The Morgan fingerprint density at radius 2 is 2.00 bits per heavy atom. The van der Waals surface area contributed by atoms with Crippen LogP contribution in [0.2, 0.25) is 5.02 Å². The van der Waals surface area contributed by atoms with E-state index in [1.165, 1.54) is 12.1 Å². The zero-order valence-corrected chi connectivity index (χ0v) is 17.1. The Morgan fingerprint density at radius 1 is 1.21 bits per heavy atom. The van der Waals surface area contributed by atoms with Gasteiger partial charge < -0.3 is 14.4 Å². The summed E-state index contributed by atoms with van der Waals surface area (Å²) in [5, 5.41) is 0.654. The van der Waals surface area contributed by atoms with E-state index in [1.807, 2.05) is 17.0 Å². The Labute approximate surface area is 175 Å². The fourth-order valence-corrected chi connectivity index (χ4v) is 4.21. The number of nitrogens with zero attached hydrogens (tertiary/aromatic N) is 2. The van der Waals surface area contributed by atoms with Crippen LogP contribution in [0.4, 0.5) is 4.39 Å². The van der Waals surface area contributed by atoms with Gasteiger partial charge in [-0.15, -0.1) is 0 Å². The van der Waals surface area contributed by atoms with Gasteiger partial charge in [0.25, 0.3) is 0 Å². The summed E-state index contributed by atoms with van der Waals surface area (Å²) >= 11 is 6.08. The number of hydrogen-bond donors (Lipinski definition) is 0. The highest BCUT2D eigenvalue weighted by molar-refractivity contribution is 6.30. The monoisotopic (exact) mass is 418 g/mol. The summed E-state index contributed by atoms with van der Waals surface area (Å²) < 4.78 is 24.7. The molecular weight excluding hydrogens is 395 g/mol. The van der Waals surface area contributed by atoms with Gasteiger partial charge in [0.2, 0.25) is 5.91 Å². The third kappa shape index (κ3) is 4.49. The first-order chi connectivity index (χ1) is 14.0. The molecule has 2 aliphatic heterocycles. The van der Waals surface area contributed by atoms with E-state index < -0.39 is 0 Å². The first-order valence-corrected chi connectivity index (χ1v) is 10.2. The minimum Gasteiger partial charge on any atom is -0.496 e. The van der Waals surface area contributed by atoms with Crippen molar-refractivity contribution in [3.63, 3.8) is 0 Å². The summed E-state index contributed by atoms with van der Waals surface area (Å²) in [4.78, 5) is 17.1. The van der Waals surface area contributed by atoms with Crippen molar-refractivity contribution < 1.29 is 18.7 Å². The quantitative estimate of drug-likeness (QED) is 0.763. The van der Waals surface area contributed by atoms with Crippen LogP contribution >= 0.6 is 11.6 Å². The minimum atomic E-state index is -0.271. The summed E-state index contributed by atoms with van der Waals surface area (Å²) in [6.07, 6.45) is 0.648. The number of carbonyl (C=O) groups excluding carboxylic acids is 1. The standard InChI is InChI=1S/C22H24ClFN2O3/c1-28-20-5-3-19(24)12-16(20)13-25-6-8-26(9-7-25)22(27)17-10-15-11-18(23)2-4-21(15)29-14-17/h2-5,11-12,17H,6-10,13-14H2,1H3/t17-/m1/s1. The highest BCUT2D eigenvalue weighted by Gasteiger charge is 2.31. The van der Waals surface area contributed by atoms with Gasteiger partial charge in [-0.25, -0.2) is 4.39 Å². The molecule has 4 rings (SSSR count). The van der Waals surface area contributed by atoms with Crippen LogP contribution in [0.15, 0.2) is 36.4 Å². The Balaban J connectivity index is 1.34. The molecule has 0 radical (unpaired) electrons. The maximum atomic E-state index is 13.6. The predicted molar refractivity (Wildman–Crippen MR) is 109 cm³/mol. The van der Waals surface area contributed by atoms with Gasteiger partial charge in [-0.1, -0.05) is 11.6 Å². The van der Waals surface area contributed by atoms with E-state index in [2.05, 4.69) is 4.90 Å². The van der Waals surface area contributed by atoms with Crippen molar-refractivity contribution in [2.24, 2.45) is 5.92 Å². The van der Waals surface area contributed by atoms with Gasteiger partial charge in [-0.05, 0) is 48.4 Å². The number of methoxy groups -OCH3 is 1. The predicted octanol–water partition coefficient (Wildman–Crippen LogP) is 3.38. The van der Waals surface area contributed by atoms with E-state index in [9.17, 15) is 9.18 Å². The van der Waals surface area contributed by atoms with Gasteiger partial charge in [0.15, 0.2) is 0 Å². The van der Waals surface area contributed by atoms with E-state index >= 15 is 0 Å². The number of piperazine rings is 1. The van der Waals surface area contributed by atoms with Crippen molar-refractivity contribution in [1.29, 1.82) is 0 Å². The molecule has 0 aliphatic carbocycles. The zero-order valence-electron chi connectivity index (χ0n) is 16.4. The molecule has 2 aromatic rings. The Kier molecular flexibility index (Phi) is 5.92. The number of rotatable bonds is 4. The molecule has 7 heteroatoms. The molecule has 0 unspecified atom stereocenters. The number of halogens is 2. The van der Waals surface area contributed by atoms with Crippen LogP contribution in [0, 0.1) is 11.7 Å². The summed E-state index contributed by atoms with van der Waals surface area (Å²) in [6.45, 7) is 3.77. The Bertz CT molecular complexity index is 900. The molecule has 2 aromatic carbocycles. The van der Waals surface area contributed by atoms with E-state index in [4.69, 9.17) is 21.1 Å². The Hall–Kier alpha value is -2.31. The van der Waals surface area contributed by atoms with E-state index in [0.717, 1.165) is 30.0 Å². The lowest BCUT2D eigenvalue weighted by Gasteiger charge is -2.37. The summed E-state index contributed by atoms with van der Waals surface area (Å²) in [5.41, 5.74) is 1.81. The number of ether oxygens (including phenoxy) is 2. The molecule has 5 nitrogen and oxygen atoms in total. The first-order valence-electron chi connectivity index (χ1n) is 9.78. The van der Waals surface area contributed by atoms with Crippen LogP contribution in [-0.2, 0) is 17.8 Å². The maximum absolute atomic E-state index is 13.6. The van der Waals surface area contributed by atoms with Crippen molar-refractivity contribution in [2.75, 3.05) is 39.9 Å². The molecule has 154 valence electrons. The van der Waals surface area contributed by atoms with Crippen LogP contribution in [0.25, 0.3) is 0 Å². The zero-order chi connectivity index (χ0) is 20.4. The lowest BCUT2D eigenvalue weighted by molar-refractivity contribution is -0.138. The summed E-state index contributed by atoms with van der Waals surface area (Å²) in [5.74, 6) is 1.16. The van der Waals surface area contributed by atoms with Crippen molar-refractivity contribution in [3.8, 4) is 11.5 Å². The molecule has 29 heavy (non-hydrogen) atoms. The van der Waals surface area contributed by atoms with Crippen molar-refractivity contribution in [1.82, 2.24) is 9.80 Å². The molecule has 1 atom stereocenters. The third-order valence-corrected chi connectivity index (χ3v) is 5.83. The molecule has 2 heterocycles. The van der Waals surface area contributed by atoms with Crippen molar-refractivity contribution >= 4 is 17.5 Å². The van der Waals surface area contributed by atoms with Gasteiger partial charge in [0.05, 0.1) is 13.0 Å². The van der Waals surface area contributed by atoms with Crippen LogP contribution in [0.1, 0.15) is 11.1 Å². The van der Waals surface area contributed by atoms with E-state index in [-0.39, 0.29) is 17.6 Å². The van der Waals surface area contributed by atoms with E-state index in [0.29, 0.717) is 43.4 Å². The van der Waals surface area contributed by atoms with Gasteiger partial charge in [-0.2, -0.15) is 0 Å². The fraction of sp³-hybridized carbons (Fsp3) is 0.409. The van der Waals surface area contributed by atoms with Crippen molar-refractivity contribution in [2.45, 2.75) is 13.0 Å². The van der Waals surface area contributed by atoms with Gasteiger partial charge >= 0.3 is 0 Å². The molecule has 0 saturated carbocycles. The number of fused-ring (bicyclic) bond motifs is 1. The minimum absolute atomic E-state index is 0.124. The number of amides is 1. The molecule has 2 aliphatic rings. The maximum Gasteiger partial charge on any atom is 0.229 e. The number of carbonyl (C=O) groups is 1. The average Bonchev–Trinajstić information content (AvgIpc) is 2.73. The molecule has 1 amide bonds. The van der Waals surface area contributed by atoms with Gasteiger partial charge in [0, 0.05) is 43.3 Å². The molecule has 1 fully saturated rings. The van der Waals surface area contributed by atoms with E-state index in [1.54, 1.807) is 19.2 Å². The molecular formula is C22H24ClFN2O3. The molecule has 0 bridgehead atoms. The molecule has 0 N–H and O–H groups in total. The second-order valence-electron chi connectivity index (χ2n) is 7.52. The second kappa shape index (κ2) is 8.59. The second-order valence-corrected chi connectivity index (χ2v) is 7.96. The van der Waals surface area contributed by atoms with Crippen LogP contribution in [0.3, 0.4) is 0 Å². The van der Waals surface area contributed by atoms with Gasteiger partial charge in [0.1, 0.15) is 23.9 Å². The third-order valence-electron chi connectivity index (χ3n) is 5.60. The van der Waals surface area contributed by atoms with Crippen LogP contribution in [0.5, 0.6) is 11.5 Å². The largest absolute Gasteiger partial charge is 0.496 e. The molecule has 0 spiro atoms. The van der Waals surface area contributed by atoms with Crippen LogP contribution < -0.4 is 9.47 Å². The first kappa shape index (κ1) is 20.0. The lowest BCUT2D eigenvalue weighted by Crippen LogP contribution is -2.51. The normalized spacial score (nSPS) is 19.4. The SMILES string of the molecule is COc1ccc(F)cc1CN1CCN(C(=O)[C@H]2COc3ccc(Cl)cc3C2)CC1. The fourth-order valence-electron chi connectivity index (χ4n) is 4.02. The van der Waals surface area contributed by atoms with Crippen molar-refractivity contribution in [3.05, 3.63) is 58.4 Å². The highest BCUT2D eigenvalue weighted by atomic mass is 35.5. The average molecular weight is 419 g/mol. The lowest BCUT2D eigenvalue weighted by atomic mass is 9.95. The smallest absolute Gasteiger partial charge is 0.229 e. The highest BCUT2D eigenvalue weighted by Crippen LogP contribution is 2.31. The molecule has 0 aromatic heterocycles. The number of benzene rings is 2. The van der Waals surface area contributed by atoms with Gasteiger partial charge in [-0.3, -0.25) is 9.69 Å². The molecule has 1 saturated heterocycles. The van der Waals surface area contributed by atoms with Crippen LogP contribution in [-0.4, -0.2) is 55.6 Å². The Morgan fingerprint density at radius 3 is 2.76 bits per heavy atom. The number of hydrogen-bond acceptors (Lipinski definition) is 4. The summed E-state index contributed by atoms with van der Waals surface area (Å²) in [7, 11) is 1.59. The topological polar surface area (TPSA) is 42.0 Å².